The number of halogens is 1. The number of nitrogens with two attached hydrogens (primary N) is 1. The molecule has 2 fully saturated rings. The Bertz CT molecular complexity index is 1170. The van der Waals surface area contributed by atoms with Crippen LogP contribution in [0, 0.1) is 11.2 Å². The first-order chi connectivity index (χ1) is 14.6. The zero-order valence-corrected chi connectivity index (χ0v) is 16.5. The van der Waals surface area contributed by atoms with Crippen LogP contribution in [0.1, 0.15) is 29.9 Å². The molecule has 3 atom stereocenters. The van der Waals surface area contributed by atoms with Gasteiger partial charge in [0.25, 0.3) is 5.91 Å². The lowest BCUT2D eigenvalue weighted by Crippen LogP contribution is -2.75. The number of hydrogen-bond donors (Lipinski definition) is 3. The van der Waals surface area contributed by atoms with Crippen LogP contribution in [0.2, 0.25) is 0 Å². The summed E-state index contributed by atoms with van der Waals surface area (Å²) in [5.74, 6) is -3.28. The van der Waals surface area contributed by atoms with Gasteiger partial charge in [-0.1, -0.05) is 5.16 Å². The summed E-state index contributed by atoms with van der Waals surface area (Å²) in [6.45, 7) is 3.65. The van der Waals surface area contributed by atoms with Crippen molar-refractivity contribution in [3.8, 4) is 0 Å². The van der Waals surface area contributed by atoms with Gasteiger partial charge in [-0.3, -0.25) is 25.0 Å². The lowest BCUT2D eigenvalue weighted by Gasteiger charge is -2.55. The first-order valence-corrected chi connectivity index (χ1v) is 9.64. The molecule has 1 spiro atoms. The Morgan fingerprint density at radius 2 is 1.97 bits per heavy atom. The van der Waals surface area contributed by atoms with Crippen LogP contribution in [-0.4, -0.2) is 53.7 Å². The van der Waals surface area contributed by atoms with E-state index in [1.54, 1.807) is 18.7 Å². The molecule has 5 rings (SSSR count). The predicted molar refractivity (Wildman–Crippen MR) is 101 cm³/mol. The number of anilines is 1. The van der Waals surface area contributed by atoms with E-state index < -0.39 is 47.1 Å². The molecule has 3 unspecified atom stereocenters. The smallest absolute Gasteiger partial charge is 0.328 e. The van der Waals surface area contributed by atoms with Gasteiger partial charge in [-0.25, -0.2) is 9.18 Å². The number of hydrogen-bond acceptors (Lipinski definition) is 8. The number of primary amides is 1. The van der Waals surface area contributed by atoms with Gasteiger partial charge in [0.15, 0.2) is 16.9 Å². The van der Waals surface area contributed by atoms with Crippen LogP contribution in [0.4, 0.5) is 14.9 Å². The van der Waals surface area contributed by atoms with Crippen LogP contribution >= 0.6 is 0 Å². The van der Waals surface area contributed by atoms with Gasteiger partial charge < -0.3 is 19.9 Å². The Labute approximate surface area is 174 Å². The molecule has 1 aromatic carbocycles. The van der Waals surface area contributed by atoms with Crippen LogP contribution in [0.25, 0.3) is 11.0 Å². The van der Waals surface area contributed by atoms with Crippen LogP contribution in [0.5, 0.6) is 0 Å². The highest BCUT2D eigenvalue weighted by Crippen LogP contribution is 2.49. The lowest BCUT2D eigenvalue weighted by atomic mass is 9.66. The van der Waals surface area contributed by atoms with E-state index in [-0.39, 0.29) is 47.0 Å². The second-order valence-corrected chi connectivity index (χ2v) is 8.10. The number of ether oxygens (including phenoxy) is 1. The number of carbonyl (C=O) groups is 4. The van der Waals surface area contributed by atoms with Gasteiger partial charge in [0.05, 0.1) is 29.3 Å². The van der Waals surface area contributed by atoms with Gasteiger partial charge >= 0.3 is 6.03 Å². The van der Waals surface area contributed by atoms with E-state index in [4.69, 9.17) is 15.0 Å². The second kappa shape index (κ2) is 6.23. The number of rotatable bonds is 1. The molecule has 4 N–H and O–H groups in total. The van der Waals surface area contributed by atoms with Crippen molar-refractivity contribution in [2.24, 2.45) is 11.1 Å². The SMILES string of the molecule is CC1CN2c3c(cc4c(C(N)=O)noc4c3F)CC3(C(=O)NC(=O)NC3=O)C2C(C)O1. The minimum atomic E-state index is -1.76. The summed E-state index contributed by atoms with van der Waals surface area (Å²) in [6, 6.07) is -0.369. The average Bonchev–Trinajstić information content (AvgIpc) is 3.09. The Morgan fingerprint density at radius 3 is 2.61 bits per heavy atom. The molecule has 2 aromatic rings. The number of imide groups is 2. The van der Waals surface area contributed by atoms with E-state index in [0.29, 0.717) is 0 Å². The topological polar surface area (TPSA) is 157 Å². The van der Waals surface area contributed by atoms with Crippen LogP contribution < -0.4 is 21.3 Å². The van der Waals surface area contributed by atoms with E-state index in [2.05, 4.69) is 15.8 Å². The Balaban J connectivity index is 1.80. The molecular weight excluding hydrogens is 413 g/mol. The monoisotopic (exact) mass is 431 g/mol. The molecule has 0 saturated carbocycles. The van der Waals surface area contributed by atoms with E-state index in [9.17, 15) is 19.2 Å². The Hall–Kier alpha value is -3.54. The maximum absolute atomic E-state index is 15.6. The fraction of sp³-hybridized carbons (Fsp3) is 0.421. The molecule has 0 aliphatic carbocycles. The number of carbonyl (C=O) groups excluding carboxylic acids is 4. The number of morpholine rings is 1. The summed E-state index contributed by atoms with van der Waals surface area (Å²) >= 11 is 0. The number of urea groups is 1. The first-order valence-electron chi connectivity index (χ1n) is 9.64. The molecule has 1 aromatic heterocycles. The van der Waals surface area contributed by atoms with Crippen molar-refractivity contribution in [1.82, 2.24) is 15.8 Å². The fourth-order valence-corrected chi connectivity index (χ4v) is 5.13. The molecule has 162 valence electrons. The summed E-state index contributed by atoms with van der Waals surface area (Å²) in [4.78, 5) is 51.2. The van der Waals surface area contributed by atoms with Crippen molar-refractivity contribution in [2.45, 2.75) is 38.5 Å². The molecule has 0 radical (unpaired) electrons. The highest BCUT2D eigenvalue weighted by atomic mass is 19.1. The van der Waals surface area contributed by atoms with E-state index in [0.717, 1.165) is 0 Å². The third kappa shape index (κ3) is 2.45. The third-order valence-corrected chi connectivity index (χ3v) is 6.20. The Morgan fingerprint density at radius 1 is 1.29 bits per heavy atom. The summed E-state index contributed by atoms with van der Waals surface area (Å²) in [5.41, 5.74) is 3.46. The van der Waals surface area contributed by atoms with Gasteiger partial charge in [0.1, 0.15) is 0 Å². The van der Waals surface area contributed by atoms with Gasteiger partial charge in [-0.2, -0.15) is 0 Å². The fourth-order valence-electron chi connectivity index (χ4n) is 5.13. The summed E-state index contributed by atoms with van der Waals surface area (Å²) < 4.78 is 26.6. The minimum Gasteiger partial charge on any atom is -0.372 e. The maximum Gasteiger partial charge on any atom is 0.328 e. The van der Waals surface area contributed by atoms with Crippen LogP contribution in [-0.2, 0) is 20.7 Å². The summed E-state index contributed by atoms with van der Waals surface area (Å²) in [6.07, 6.45) is -1.21. The molecule has 0 bridgehead atoms. The quantitative estimate of drug-likeness (QED) is 0.531. The lowest BCUT2D eigenvalue weighted by molar-refractivity contribution is -0.153. The standard InChI is InChI=1S/C19H18FN5O6/c1-6-5-25-12-8(3-9-11(15(21)26)24-31-13(9)10(12)20)4-19(14(25)7(2)30-6)16(27)22-18(29)23-17(19)28/h3,6-7,14H,4-5H2,1-2H3,(H2,21,26)(H2,22,23,27,28,29). The van der Waals surface area contributed by atoms with Gasteiger partial charge in [-0.15, -0.1) is 0 Å². The van der Waals surface area contributed by atoms with Crippen molar-refractivity contribution in [2.75, 3.05) is 11.4 Å². The van der Waals surface area contributed by atoms with Crippen LogP contribution in [0.15, 0.2) is 10.6 Å². The molecule has 11 nitrogen and oxygen atoms in total. The molecule has 31 heavy (non-hydrogen) atoms. The van der Waals surface area contributed by atoms with E-state index in [1.165, 1.54) is 6.07 Å². The molecule has 5 amide bonds. The molecule has 2 saturated heterocycles. The van der Waals surface area contributed by atoms with Crippen molar-refractivity contribution in [1.29, 1.82) is 0 Å². The number of nitrogens with one attached hydrogen (secondary N) is 2. The Kier molecular flexibility index (Phi) is 3.91. The molecule has 12 heteroatoms. The van der Waals surface area contributed by atoms with Crippen molar-refractivity contribution in [3.05, 3.63) is 23.1 Å². The summed E-state index contributed by atoms with van der Waals surface area (Å²) in [7, 11) is 0. The number of fused-ring (bicyclic) bond motifs is 5. The highest BCUT2D eigenvalue weighted by molar-refractivity contribution is 6.20. The third-order valence-electron chi connectivity index (χ3n) is 6.20. The van der Waals surface area contributed by atoms with E-state index in [1.807, 2.05) is 0 Å². The second-order valence-electron chi connectivity index (χ2n) is 8.10. The average molecular weight is 431 g/mol. The van der Waals surface area contributed by atoms with Crippen LogP contribution in [0.3, 0.4) is 0 Å². The highest BCUT2D eigenvalue weighted by Gasteiger charge is 2.63. The molecule has 3 aliphatic heterocycles. The zero-order valence-electron chi connectivity index (χ0n) is 16.5. The van der Waals surface area contributed by atoms with Gasteiger partial charge in [-0.05, 0) is 25.5 Å². The molecule has 3 aliphatic rings. The summed E-state index contributed by atoms with van der Waals surface area (Å²) in [5, 5.41) is 7.91. The first kappa shape index (κ1) is 19.4. The minimum absolute atomic E-state index is 0.0411. The number of nitrogens with zero attached hydrogens (tertiary/aromatic N) is 2. The number of benzene rings is 1. The van der Waals surface area contributed by atoms with E-state index >= 15 is 4.39 Å². The molecular formula is C19H18FN5O6. The van der Waals surface area contributed by atoms with Crippen molar-refractivity contribution < 1.29 is 32.8 Å². The van der Waals surface area contributed by atoms with Crippen molar-refractivity contribution >= 4 is 40.4 Å². The maximum atomic E-state index is 15.6. The van der Waals surface area contributed by atoms with Gasteiger partial charge in [0.2, 0.25) is 17.4 Å². The number of amides is 5. The zero-order chi connectivity index (χ0) is 22.2. The predicted octanol–water partition coefficient (Wildman–Crippen LogP) is -0.0435. The van der Waals surface area contributed by atoms with Gasteiger partial charge in [0, 0.05) is 13.0 Å². The number of aromatic nitrogens is 1. The van der Waals surface area contributed by atoms with Crippen molar-refractivity contribution in [3.63, 3.8) is 0 Å². The molecule has 4 heterocycles. The largest absolute Gasteiger partial charge is 0.372 e. The number of barbiturate groups is 1. The normalized spacial score (nSPS) is 27.0.